The van der Waals surface area contributed by atoms with E-state index in [0.717, 1.165) is 25.9 Å². The molecule has 1 fully saturated rings. The molecule has 3 rings (SSSR count). The highest BCUT2D eigenvalue weighted by Gasteiger charge is 2.18. The summed E-state index contributed by atoms with van der Waals surface area (Å²) < 4.78 is 12.3. The summed E-state index contributed by atoms with van der Waals surface area (Å²) in [5.74, 6) is 0.939. The number of methoxy groups -OCH3 is 2. The van der Waals surface area contributed by atoms with Crippen molar-refractivity contribution in [3.05, 3.63) is 36.2 Å². The van der Waals surface area contributed by atoms with Gasteiger partial charge in [-0.1, -0.05) is 0 Å². The van der Waals surface area contributed by atoms with E-state index in [4.69, 9.17) is 9.47 Å². The Hall–Kier alpha value is -2.25. The number of aromatic nitrogens is 2. The number of ether oxygens (including phenoxy) is 2. The van der Waals surface area contributed by atoms with Crippen LogP contribution in [0.4, 0.5) is 5.69 Å². The third kappa shape index (κ3) is 4.43. The van der Waals surface area contributed by atoms with Crippen LogP contribution in [0.25, 0.3) is 0 Å². The second kappa shape index (κ2) is 8.73. The largest absolute Gasteiger partial charge is 0.497 e. The summed E-state index contributed by atoms with van der Waals surface area (Å²) in [5.41, 5.74) is 0.932. The number of piperidine rings is 1. The first kappa shape index (κ1) is 19.1. The topological polar surface area (TPSA) is 77.4 Å². The van der Waals surface area contributed by atoms with Crippen molar-refractivity contribution in [2.45, 2.75) is 18.9 Å². The van der Waals surface area contributed by atoms with Gasteiger partial charge in [-0.15, -0.1) is 12.4 Å². The minimum atomic E-state index is -0.274. The van der Waals surface area contributed by atoms with E-state index in [1.807, 2.05) is 10.9 Å². The molecule has 0 spiro atoms. The summed E-state index contributed by atoms with van der Waals surface area (Å²) in [4.78, 5) is 12.5. The molecule has 8 heteroatoms. The minimum Gasteiger partial charge on any atom is -0.497 e. The van der Waals surface area contributed by atoms with Crippen molar-refractivity contribution in [1.29, 1.82) is 0 Å². The highest BCUT2D eigenvalue weighted by molar-refractivity contribution is 6.03. The molecule has 1 aliphatic heterocycles. The van der Waals surface area contributed by atoms with Crippen molar-refractivity contribution in [2.24, 2.45) is 0 Å². The Morgan fingerprint density at radius 1 is 1.32 bits per heavy atom. The average Bonchev–Trinajstić information content (AvgIpc) is 3.12. The molecule has 7 nitrogen and oxygen atoms in total. The van der Waals surface area contributed by atoms with Crippen LogP contribution in [0.5, 0.6) is 11.5 Å². The van der Waals surface area contributed by atoms with Gasteiger partial charge < -0.3 is 20.1 Å². The summed E-state index contributed by atoms with van der Waals surface area (Å²) in [7, 11) is 3.13. The SMILES string of the molecule is COc1ccc(OC)c(NC(=O)c2ccn(C3CCCNC3)n2)c1.Cl. The number of amides is 1. The Bertz CT molecular complexity index is 714. The maximum Gasteiger partial charge on any atom is 0.276 e. The van der Waals surface area contributed by atoms with Gasteiger partial charge in [-0.25, -0.2) is 0 Å². The lowest BCUT2D eigenvalue weighted by Crippen LogP contribution is -2.32. The molecule has 1 amide bonds. The van der Waals surface area contributed by atoms with Gasteiger partial charge in [-0.2, -0.15) is 5.10 Å². The first-order chi connectivity index (χ1) is 11.7. The van der Waals surface area contributed by atoms with Crippen molar-refractivity contribution in [2.75, 3.05) is 32.6 Å². The molecule has 1 aromatic carbocycles. The number of carbonyl (C=O) groups is 1. The molecule has 0 aliphatic carbocycles. The smallest absolute Gasteiger partial charge is 0.276 e. The van der Waals surface area contributed by atoms with Crippen LogP contribution in [0.15, 0.2) is 30.5 Å². The fourth-order valence-corrected chi connectivity index (χ4v) is 2.82. The summed E-state index contributed by atoms with van der Waals surface area (Å²) in [6.45, 7) is 1.92. The van der Waals surface area contributed by atoms with Crippen LogP contribution >= 0.6 is 12.4 Å². The van der Waals surface area contributed by atoms with Crippen LogP contribution < -0.4 is 20.1 Å². The van der Waals surface area contributed by atoms with Crippen molar-refractivity contribution in [3.63, 3.8) is 0 Å². The van der Waals surface area contributed by atoms with E-state index in [9.17, 15) is 4.79 Å². The van der Waals surface area contributed by atoms with Gasteiger partial charge in [0.25, 0.3) is 5.91 Å². The van der Waals surface area contributed by atoms with Gasteiger partial charge in [0.1, 0.15) is 11.5 Å². The Morgan fingerprint density at radius 3 is 2.84 bits per heavy atom. The summed E-state index contributed by atoms with van der Waals surface area (Å²) in [6, 6.07) is 7.28. The lowest BCUT2D eigenvalue weighted by atomic mass is 10.1. The number of nitrogens with one attached hydrogen (secondary N) is 2. The summed E-state index contributed by atoms with van der Waals surface area (Å²) >= 11 is 0. The maximum atomic E-state index is 12.5. The van der Waals surface area contributed by atoms with Crippen molar-refractivity contribution in [1.82, 2.24) is 15.1 Å². The molecule has 2 aromatic rings. The second-order valence-electron chi connectivity index (χ2n) is 5.70. The Balaban J connectivity index is 0.00000225. The average molecular weight is 367 g/mol. The van der Waals surface area contributed by atoms with Gasteiger partial charge in [-0.05, 0) is 37.6 Å². The lowest BCUT2D eigenvalue weighted by Gasteiger charge is -2.22. The van der Waals surface area contributed by atoms with E-state index >= 15 is 0 Å². The van der Waals surface area contributed by atoms with Crippen molar-refractivity contribution >= 4 is 24.0 Å². The molecule has 2 heterocycles. The molecule has 1 unspecified atom stereocenters. The van der Waals surface area contributed by atoms with Crippen molar-refractivity contribution < 1.29 is 14.3 Å². The van der Waals surface area contributed by atoms with Gasteiger partial charge in [0.2, 0.25) is 0 Å². The number of nitrogens with zero attached hydrogens (tertiary/aromatic N) is 2. The van der Waals surface area contributed by atoms with E-state index < -0.39 is 0 Å². The van der Waals surface area contributed by atoms with E-state index in [1.54, 1.807) is 38.5 Å². The number of rotatable bonds is 5. The van der Waals surface area contributed by atoms with Gasteiger partial charge in [0, 0.05) is 18.8 Å². The molecule has 0 radical (unpaired) electrons. The molecule has 0 saturated carbocycles. The predicted octanol–water partition coefficient (Wildman–Crippen LogP) is 2.50. The third-order valence-corrected chi connectivity index (χ3v) is 4.14. The molecule has 1 atom stereocenters. The zero-order valence-corrected chi connectivity index (χ0v) is 15.1. The Morgan fingerprint density at radius 2 is 2.16 bits per heavy atom. The van der Waals surface area contributed by atoms with E-state index in [0.29, 0.717) is 28.9 Å². The monoisotopic (exact) mass is 366 g/mol. The van der Waals surface area contributed by atoms with Gasteiger partial charge in [-0.3, -0.25) is 9.48 Å². The highest BCUT2D eigenvalue weighted by Crippen LogP contribution is 2.29. The van der Waals surface area contributed by atoms with E-state index in [2.05, 4.69) is 15.7 Å². The predicted molar refractivity (Wildman–Crippen MR) is 98.1 cm³/mol. The molecule has 1 saturated heterocycles. The number of anilines is 1. The first-order valence-corrected chi connectivity index (χ1v) is 8.00. The third-order valence-electron chi connectivity index (χ3n) is 4.14. The van der Waals surface area contributed by atoms with Crippen LogP contribution in [-0.2, 0) is 0 Å². The zero-order valence-electron chi connectivity index (χ0n) is 14.3. The summed E-state index contributed by atoms with van der Waals surface area (Å²) in [5, 5.41) is 10.6. The highest BCUT2D eigenvalue weighted by atomic mass is 35.5. The van der Waals surface area contributed by atoms with Crippen LogP contribution in [0, 0.1) is 0 Å². The Kier molecular flexibility index (Phi) is 6.66. The molecular weight excluding hydrogens is 344 g/mol. The molecule has 1 aromatic heterocycles. The fraction of sp³-hybridized carbons (Fsp3) is 0.412. The quantitative estimate of drug-likeness (QED) is 0.850. The zero-order chi connectivity index (χ0) is 16.9. The molecule has 25 heavy (non-hydrogen) atoms. The molecule has 1 aliphatic rings. The van der Waals surface area contributed by atoms with Crippen LogP contribution in [-0.4, -0.2) is 43.0 Å². The van der Waals surface area contributed by atoms with Gasteiger partial charge in [0.05, 0.1) is 25.9 Å². The standard InChI is InChI=1S/C17H22N4O3.ClH/c1-23-13-5-6-16(24-2)15(10-13)19-17(22)14-7-9-21(20-14)12-4-3-8-18-11-12;/h5-7,9-10,12,18H,3-4,8,11H2,1-2H3,(H,19,22);1H. The van der Waals surface area contributed by atoms with Gasteiger partial charge >= 0.3 is 0 Å². The van der Waals surface area contributed by atoms with Gasteiger partial charge in [0.15, 0.2) is 5.69 Å². The number of hydrogen-bond acceptors (Lipinski definition) is 5. The van der Waals surface area contributed by atoms with Crippen LogP contribution in [0.2, 0.25) is 0 Å². The number of carbonyl (C=O) groups excluding carboxylic acids is 1. The second-order valence-corrected chi connectivity index (χ2v) is 5.70. The van der Waals surface area contributed by atoms with Crippen LogP contribution in [0.3, 0.4) is 0 Å². The summed E-state index contributed by atoms with van der Waals surface area (Å²) in [6.07, 6.45) is 4.04. The number of benzene rings is 1. The normalized spacial score (nSPS) is 16.6. The molecule has 136 valence electrons. The fourth-order valence-electron chi connectivity index (χ4n) is 2.82. The molecular formula is C17H23ClN4O3. The minimum absolute atomic E-state index is 0. The number of hydrogen-bond donors (Lipinski definition) is 2. The molecule has 0 bridgehead atoms. The maximum absolute atomic E-state index is 12.5. The van der Waals surface area contributed by atoms with Crippen LogP contribution in [0.1, 0.15) is 29.4 Å². The Labute approximate surface area is 153 Å². The molecule has 2 N–H and O–H groups in total. The van der Waals surface area contributed by atoms with Crippen molar-refractivity contribution in [3.8, 4) is 11.5 Å². The number of halogens is 1. The van der Waals surface area contributed by atoms with E-state index in [-0.39, 0.29) is 18.3 Å². The van der Waals surface area contributed by atoms with E-state index in [1.165, 1.54) is 0 Å². The lowest BCUT2D eigenvalue weighted by molar-refractivity contribution is 0.102. The first-order valence-electron chi connectivity index (χ1n) is 8.00.